The molecule has 0 bridgehead atoms. The Morgan fingerprint density at radius 1 is 1.23 bits per heavy atom. The van der Waals surface area contributed by atoms with E-state index in [0.29, 0.717) is 16.8 Å². The van der Waals surface area contributed by atoms with Crippen LogP contribution in [0.15, 0.2) is 18.3 Å². The zero-order chi connectivity index (χ0) is 16.1. The van der Waals surface area contributed by atoms with E-state index in [1.165, 1.54) is 0 Å². The van der Waals surface area contributed by atoms with Gasteiger partial charge < -0.3 is 15.5 Å². The standard InChI is InChI=1S/C15H21ClN6/c1-10-7-11(2)14(12(16)8-10)19-13-9-18-21-15(20-13)17-5-6-22(3)4/h7-9H,5-6H2,1-4H3,(H2,17,19,20,21). The summed E-state index contributed by atoms with van der Waals surface area (Å²) in [7, 11) is 4.03. The quantitative estimate of drug-likeness (QED) is 0.853. The van der Waals surface area contributed by atoms with Crippen LogP contribution in [0.1, 0.15) is 11.1 Å². The van der Waals surface area contributed by atoms with Crippen LogP contribution in [0.4, 0.5) is 17.5 Å². The van der Waals surface area contributed by atoms with Crippen molar-refractivity contribution in [2.45, 2.75) is 13.8 Å². The van der Waals surface area contributed by atoms with Gasteiger partial charge in [0.05, 0.1) is 16.9 Å². The fourth-order valence-corrected chi connectivity index (χ4v) is 2.40. The van der Waals surface area contributed by atoms with E-state index in [1.807, 2.05) is 34.0 Å². The molecule has 0 saturated carbocycles. The second-order valence-corrected chi connectivity index (χ2v) is 5.87. The first-order valence-electron chi connectivity index (χ1n) is 7.08. The van der Waals surface area contributed by atoms with Crippen LogP contribution in [0.5, 0.6) is 0 Å². The molecule has 22 heavy (non-hydrogen) atoms. The van der Waals surface area contributed by atoms with Crippen molar-refractivity contribution in [1.29, 1.82) is 0 Å². The number of hydrogen-bond donors (Lipinski definition) is 2. The van der Waals surface area contributed by atoms with Crippen LogP contribution < -0.4 is 10.6 Å². The summed E-state index contributed by atoms with van der Waals surface area (Å²) in [5.41, 5.74) is 3.03. The fraction of sp³-hybridized carbons (Fsp3) is 0.400. The van der Waals surface area contributed by atoms with Gasteiger partial charge in [0.2, 0.25) is 5.95 Å². The number of aryl methyl sites for hydroxylation is 2. The number of nitrogens with one attached hydrogen (secondary N) is 2. The van der Waals surface area contributed by atoms with E-state index >= 15 is 0 Å². The van der Waals surface area contributed by atoms with E-state index in [4.69, 9.17) is 11.6 Å². The van der Waals surface area contributed by atoms with Gasteiger partial charge in [-0.2, -0.15) is 10.1 Å². The first-order chi connectivity index (χ1) is 10.5. The molecule has 0 aliphatic heterocycles. The topological polar surface area (TPSA) is 66.0 Å². The number of likely N-dealkylation sites (N-methyl/N-ethyl adjacent to an activating group) is 1. The van der Waals surface area contributed by atoms with E-state index in [2.05, 4.69) is 36.8 Å². The van der Waals surface area contributed by atoms with Gasteiger partial charge in [-0.1, -0.05) is 17.7 Å². The second kappa shape index (κ2) is 7.38. The molecule has 1 heterocycles. The highest BCUT2D eigenvalue weighted by atomic mass is 35.5. The molecule has 6 nitrogen and oxygen atoms in total. The first kappa shape index (κ1) is 16.5. The second-order valence-electron chi connectivity index (χ2n) is 5.46. The molecule has 0 radical (unpaired) electrons. The van der Waals surface area contributed by atoms with Gasteiger partial charge >= 0.3 is 0 Å². The minimum atomic E-state index is 0.493. The average Bonchev–Trinajstić information content (AvgIpc) is 2.43. The van der Waals surface area contributed by atoms with Crippen molar-refractivity contribution in [3.05, 3.63) is 34.5 Å². The SMILES string of the molecule is Cc1cc(C)c(Nc2cnnc(NCCN(C)C)n2)c(Cl)c1. The summed E-state index contributed by atoms with van der Waals surface area (Å²) in [5.74, 6) is 1.10. The summed E-state index contributed by atoms with van der Waals surface area (Å²) < 4.78 is 0. The summed E-state index contributed by atoms with van der Waals surface area (Å²) in [4.78, 5) is 6.48. The number of aromatic nitrogens is 3. The predicted molar refractivity (Wildman–Crippen MR) is 91.1 cm³/mol. The van der Waals surface area contributed by atoms with Crippen molar-refractivity contribution in [3.8, 4) is 0 Å². The Kier molecular flexibility index (Phi) is 5.51. The third-order valence-electron chi connectivity index (χ3n) is 3.09. The molecule has 2 aromatic rings. The fourth-order valence-electron chi connectivity index (χ4n) is 2.03. The highest BCUT2D eigenvalue weighted by Crippen LogP contribution is 2.29. The zero-order valence-corrected chi connectivity index (χ0v) is 14.1. The Balaban J connectivity index is 2.10. The van der Waals surface area contributed by atoms with Crippen LogP contribution in [-0.4, -0.2) is 47.3 Å². The molecule has 2 N–H and O–H groups in total. The number of nitrogens with zero attached hydrogens (tertiary/aromatic N) is 4. The third kappa shape index (κ3) is 4.54. The monoisotopic (exact) mass is 320 g/mol. The van der Waals surface area contributed by atoms with Gasteiger partial charge in [0.15, 0.2) is 5.82 Å². The van der Waals surface area contributed by atoms with Gasteiger partial charge in [-0.25, -0.2) is 0 Å². The molecule has 1 aromatic heterocycles. The van der Waals surface area contributed by atoms with E-state index < -0.39 is 0 Å². The molecule has 7 heteroatoms. The number of rotatable bonds is 6. The Bertz CT molecular complexity index is 621. The van der Waals surface area contributed by atoms with Crippen LogP contribution in [0.2, 0.25) is 5.02 Å². The molecule has 0 unspecified atom stereocenters. The molecule has 0 amide bonds. The number of anilines is 3. The van der Waals surface area contributed by atoms with Gasteiger partial charge in [0.1, 0.15) is 0 Å². The van der Waals surface area contributed by atoms with Gasteiger partial charge in [-0.15, -0.1) is 5.10 Å². The van der Waals surface area contributed by atoms with Gasteiger partial charge in [0, 0.05) is 13.1 Å². The largest absolute Gasteiger partial charge is 0.352 e. The molecule has 0 atom stereocenters. The molecule has 1 aromatic carbocycles. The van der Waals surface area contributed by atoms with Crippen molar-refractivity contribution >= 4 is 29.1 Å². The zero-order valence-electron chi connectivity index (χ0n) is 13.3. The average molecular weight is 321 g/mol. The molecule has 0 fully saturated rings. The maximum Gasteiger partial charge on any atom is 0.244 e. The molecular formula is C15H21ClN6. The van der Waals surface area contributed by atoms with Crippen LogP contribution in [0.3, 0.4) is 0 Å². The van der Waals surface area contributed by atoms with Gasteiger partial charge in [0.25, 0.3) is 0 Å². The van der Waals surface area contributed by atoms with Crippen molar-refractivity contribution in [2.24, 2.45) is 0 Å². The van der Waals surface area contributed by atoms with E-state index in [-0.39, 0.29) is 0 Å². The van der Waals surface area contributed by atoms with Crippen molar-refractivity contribution in [1.82, 2.24) is 20.1 Å². The van der Waals surface area contributed by atoms with Crippen LogP contribution in [0, 0.1) is 13.8 Å². The third-order valence-corrected chi connectivity index (χ3v) is 3.38. The van der Waals surface area contributed by atoms with Gasteiger partial charge in [-0.05, 0) is 45.1 Å². The molecule has 0 saturated heterocycles. The molecular weight excluding hydrogens is 300 g/mol. The van der Waals surface area contributed by atoms with E-state index in [9.17, 15) is 0 Å². The molecule has 118 valence electrons. The predicted octanol–water partition coefficient (Wildman–Crippen LogP) is 2.86. The highest BCUT2D eigenvalue weighted by Gasteiger charge is 2.08. The van der Waals surface area contributed by atoms with Gasteiger partial charge in [-0.3, -0.25) is 0 Å². The minimum Gasteiger partial charge on any atom is -0.352 e. The Labute approximate surface area is 135 Å². The van der Waals surface area contributed by atoms with E-state index in [1.54, 1.807) is 6.20 Å². The van der Waals surface area contributed by atoms with Crippen molar-refractivity contribution < 1.29 is 0 Å². The lowest BCUT2D eigenvalue weighted by Gasteiger charge is -2.13. The number of hydrogen-bond acceptors (Lipinski definition) is 6. The maximum absolute atomic E-state index is 6.30. The smallest absolute Gasteiger partial charge is 0.244 e. The molecule has 0 spiro atoms. The lowest BCUT2D eigenvalue weighted by Crippen LogP contribution is -2.21. The maximum atomic E-state index is 6.30. The minimum absolute atomic E-state index is 0.493. The van der Waals surface area contributed by atoms with E-state index in [0.717, 1.165) is 29.9 Å². The first-order valence-corrected chi connectivity index (χ1v) is 7.45. The van der Waals surface area contributed by atoms with Crippen LogP contribution >= 0.6 is 11.6 Å². The lowest BCUT2D eigenvalue weighted by molar-refractivity contribution is 0.425. The number of benzene rings is 1. The molecule has 2 rings (SSSR count). The molecule has 0 aliphatic rings. The number of halogens is 1. The summed E-state index contributed by atoms with van der Waals surface area (Å²) in [5, 5.41) is 15.0. The Morgan fingerprint density at radius 3 is 2.68 bits per heavy atom. The lowest BCUT2D eigenvalue weighted by atomic mass is 10.1. The normalized spacial score (nSPS) is 10.8. The summed E-state index contributed by atoms with van der Waals surface area (Å²) in [6.07, 6.45) is 1.58. The highest BCUT2D eigenvalue weighted by molar-refractivity contribution is 6.33. The van der Waals surface area contributed by atoms with Crippen LogP contribution in [0.25, 0.3) is 0 Å². The summed E-state index contributed by atoms with van der Waals surface area (Å²) in [6, 6.07) is 3.99. The summed E-state index contributed by atoms with van der Waals surface area (Å²) in [6.45, 7) is 5.67. The molecule has 0 aliphatic carbocycles. The summed E-state index contributed by atoms with van der Waals surface area (Å²) >= 11 is 6.30. The van der Waals surface area contributed by atoms with Crippen molar-refractivity contribution in [3.63, 3.8) is 0 Å². The van der Waals surface area contributed by atoms with Crippen LogP contribution in [-0.2, 0) is 0 Å². The Morgan fingerprint density at radius 2 is 2.00 bits per heavy atom. The Hall–Kier alpha value is -1.92. The van der Waals surface area contributed by atoms with Crippen molar-refractivity contribution in [2.75, 3.05) is 37.8 Å².